The molecule has 0 aliphatic heterocycles. The molecule has 7 nitrogen and oxygen atoms in total. The summed E-state index contributed by atoms with van der Waals surface area (Å²) in [4.78, 5) is 16.0. The molecule has 0 radical (unpaired) electrons. The quantitative estimate of drug-likeness (QED) is 0.502. The van der Waals surface area contributed by atoms with E-state index < -0.39 is 16.0 Å². The highest BCUT2D eigenvalue weighted by molar-refractivity contribution is 7.89. The van der Waals surface area contributed by atoms with Crippen molar-refractivity contribution in [3.8, 4) is 0 Å². The van der Waals surface area contributed by atoms with Crippen molar-refractivity contribution >= 4 is 38.4 Å². The molecule has 3 rings (SSSR count). The molecule has 1 N–H and O–H groups in total. The van der Waals surface area contributed by atoms with Crippen molar-refractivity contribution in [2.75, 3.05) is 13.7 Å². The van der Waals surface area contributed by atoms with Crippen LogP contribution in [0.25, 0.3) is 11.0 Å². The zero-order chi connectivity index (χ0) is 17.9. The largest absolute Gasteiger partial charge is 0.465 e. The third kappa shape index (κ3) is 3.73. The van der Waals surface area contributed by atoms with Gasteiger partial charge in [0, 0.05) is 30.9 Å². The van der Waals surface area contributed by atoms with Gasteiger partial charge in [0.1, 0.15) is 15.4 Å². The number of aryl methyl sites for hydroxylation is 1. The zero-order valence-electron chi connectivity index (χ0n) is 13.5. The number of fused-ring (bicyclic) bond motifs is 1. The number of carbonyl (C=O) groups excluding carboxylic acids is 1. The lowest BCUT2D eigenvalue weighted by Crippen LogP contribution is -2.26. The van der Waals surface area contributed by atoms with Gasteiger partial charge in [0.2, 0.25) is 10.0 Å². The number of aromatic nitrogens is 2. The smallest absolute Gasteiger partial charge is 0.349 e. The van der Waals surface area contributed by atoms with E-state index in [4.69, 9.17) is 0 Å². The summed E-state index contributed by atoms with van der Waals surface area (Å²) < 4.78 is 33.9. The Kier molecular flexibility index (Phi) is 5.16. The maximum atomic E-state index is 12.4. The zero-order valence-corrected chi connectivity index (χ0v) is 15.1. The molecule has 3 heterocycles. The molecule has 0 bridgehead atoms. The van der Waals surface area contributed by atoms with E-state index in [2.05, 4.69) is 14.4 Å². The molecule has 132 valence electrons. The predicted molar refractivity (Wildman–Crippen MR) is 95.2 cm³/mol. The average Bonchev–Trinajstić information content (AvgIpc) is 3.26. The van der Waals surface area contributed by atoms with Gasteiger partial charge in [-0.05, 0) is 36.1 Å². The first kappa shape index (κ1) is 17.6. The summed E-state index contributed by atoms with van der Waals surface area (Å²) in [6.45, 7) is 0.891. The summed E-state index contributed by atoms with van der Waals surface area (Å²) in [6, 6.07) is 7.23. The van der Waals surface area contributed by atoms with Gasteiger partial charge in [0.05, 0.1) is 7.11 Å². The fraction of sp³-hybridized carbons (Fsp3) is 0.250. The number of sulfonamides is 1. The number of nitrogens with one attached hydrogen (secondary N) is 1. The molecule has 25 heavy (non-hydrogen) atoms. The van der Waals surface area contributed by atoms with Crippen molar-refractivity contribution in [1.82, 2.24) is 14.3 Å². The first-order valence-corrected chi connectivity index (χ1v) is 9.94. The number of hydrogen-bond acceptors (Lipinski definition) is 6. The topological polar surface area (TPSA) is 90.3 Å². The molecule has 0 saturated heterocycles. The Morgan fingerprint density at radius 3 is 3.00 bits per heavy atom. The predicted octanol–water partition coefficient (Wildman–Crippen LogP) is 2.25. The Hall–Kier alpha value is -2.23. The van der Waals surface area contributed by atoms with Crippen LogP contribution in [0.15, 0.2) is 46.9 Å². The number of thiophene rings is 1. The van der Waals surface area contributed by atoms with Gasteiger partial charge < -0.3 is 9.30 Å². The Bertz CT molecular complexity index is 992. The summed E-state index contributed by atoms with van der Waals surface area (Å²) in [6.07, 6.45) is 4.25. The van der Waals surface area contributed by atoms with Crippen LogP contribution >= 0.6 is 11.3 Å². The number of hydrogen-bond donors (Lipinski definition) is 1. The van der Waals surface area contributed by atoms with Gasteiger partial charge in [0.15, 0.2) is 0 Å². The highest BCUT2D eigenvalue weighted by Crippen LogP contribution is 2.22. The Balaban J connectivity index is 1.62. The third-order valence-electron chi connectivity index (χ3n) is 3.68. The highest BCUT2D eigenvalue weighted by Gasteiger charge is 2.24. The molecule has 0 unspecified atom stereocenters. The minimum absolute atomic E-state index is 0.0440. The van der Waals surface area contributed by atoms with Crippen LogP contribution in [-0.2, 0) is 21.3 Å². The summed E-state index contributed by atoms with van der Waals surface area (Å²) in [5.41, 5.74) is 0.871. The van der Waals surface area contributed by atoms with Crippen molar-refractivity contribution < 1.29 is 17.9 Å². The Morgan fingerprint density at radius 1 is 1.36 bits per heavy atom. The maximum absolute atomic E-state index is 12.4. The monoisotopic (exact) mass is 379 g/mol. The van der Waals surface area contributed by atoms with Gasteiger partial charge in [-0.15, -0.1) is 11.3 Å². The standard InChI is InChI=1S/C16H17N3O4S2/c1-23-16(20)14-13(6-11-24-14)25(21,22)18-8-3-9-19-10-5-12-4-2-7-17-15(12)19/h2,4-7,10-11,18H,3,8-9H2,1H3. The second-order valence-electron chi connectivity index (χ2n) is 5.28. The van der Waals surface area contributed by atoms with Crippen LogP contribution in [0.4, 0.5) is 0 Å². The lowest BCUT2D eigenvalue weighted by atomic mass is 10.3. The van der Waals surface area contributed by atoms with Crippen LogP contribution in [0, 0.1) is 0 Å². The first-order valence-electron chi connectivity index (χ1n) is 7.58. The molecule has 0 saturated carbocycles. The Labute approximate surface area is 149 Å². The summed E-state index contributed by atoms with van der Waals surface area (Å²) in [5.74, 6) is -0.653. The van der Waals surface area contributed by atoms with Crippen molar-refractivity contribution in [3.05, 3.63) is 46.9 Å². The van der Waals surface area contributed by atoms with E-state index in [0.717, 1.165) is 22.4 Å². The van der Waals surface area contributed by atoms with E-state index in [1.807, 2.05) is 29.0 Å². The molecule has 3 aromatic heterocycles. The van der Waals surface area contributed by atoms with E-state index in [1.54, 1.807) is 11.6 Å². The molecule has 0 aliphatic rings. The van der Waals surface area contributed by atoms with Gasteiger partial charge in [-0.3, -0.25) is 0 Å². The van der Waals surface area contributed by atoms with E-state index in [-0.39, 0.29) is 16.3 Å². The molecule has 0 spiro atoms. The number of esters is 1. The molecular formula is C16H17N3O4S2. The summed E-state index contributed by atoms with van der Waals surface area (Å²) in [7, 11) is -2.53. The van der Waals surface area contributed by atoms with E-state index >= 15 is 0 Å². The summed E-state index contributed by atoms with van der Waals surface area (Å²) >= 11 is 1.04. The van der Waals surface area contributed by atoms with E-state index in [1.165, 1.54) is 13.2 Å². The lowest BCUT2D eigenvalue weighted by Gasteiger charge is -2.08. The minimum Gasteiger partial charge on any atom is -0.465 e. The van der Waals surface area contributed by atoms with E-state index in [9.17, 15) is 13.2 Å². The van der Waals surface area contributed by atoms with Gasteiger partial charge in [-0.1, -0.05) is 0 Å². The summed E-state index contributed by atoms with van der Waals surface area (Å²) in [5, 5.41) is 2.60. The SMILES string of the molecule is COC(=O)c1sccc1S(=O)(=O)NCCCn1ccc2cccnc21. The molecular weight excluding hydrogens is 362 g/mol. The molecule has 9 heteroatoms. The average molecular weight is 379 g/mol. The molecule has 0 aliphatic carbocycles. The normalized spacial score (nSPS) is 11.7. The van der Waals surface area contributed by atoms with Gasteiger partial charge in [-0.2, -0.15) is 0 Å². The number of rotatable bonds is 7. The van der Waals surface area contributed by atoms with Crippen LogP contribution in [0.5, 0.6) is 0 Å². The molecule has 0 aromatic carbocycles. The number of pyridine rings is 1. The number of nitrogens with zero attached hydrogens (tertiary/aromatic N) is 2. The molecule has 3 aromatic rings. The van der Waals surface area contributed by atoms with Crippen LogP contribution in [0.1, 0.15) is 16.1 Å². The first-order chi connectivity index (χ1) is 12.0. The van der Waals surface area contributed by atoms with Crippen molar-refractivity contribution in [2.45, 2.75) is 17.9 Å². The maximum Gasteiger partial charge on any atom is 0.349 e. The van der Waals surface area contributed by atoms with Crippen LogP contribution < -0.4 is 4.72 Å². The highest BCUT2D eigenvalue weighted by atomic mass is 32.2. The van der Waals surface area contributed by atoms with Gasteiger partial charge in [-0.25, -0.2) is 22.9 Å². The lowest BCUT2D eigenvalue weighted by molar-refractivity contribution is 0.0602. The second-order valence-corrected chi connectivity index (χ2v) is 7.93. The second kappa shape index (κ2) is 7.34. The fourth-order valence-electron chi connectivity index (χ4n) is 2.49. The molecule has 0 atom stereocenters. The molecule has 0 fully saturated rings. The number of ether oxygens (including phenoxy) is 1. The van der Waals surface area contributed by atoms with Gasteiger partial charge in [0.25, 0.3) is 0 Å². The van der Waals surface area contributed by atoms with E-state index in [0.29, 0.717) is 13.0 Å². The minimum atomic E-state index is -3.75. The molecule has 0 amide bonds. The van der Waals surface area contributed by atoms with Crippen LogP contribution in [0.3, 0.4) is 0 Å². The van der Waals surface area contributed by atoms with Crippen molar-refractivity contribution in [1.29, 1.82) is 0 Å². The Morgan fingerprint density at radius 2 is 2.20 bits per heavy atom. The van der Waals surface area contributed by atoms with Crippen molar-refractivity contribution in [3.63, 3.8) is 0 Å². The third-order valence-corrected chi connectivity index (χ3v) is 6.21. The van der Waals surface area contributed by atoms with Gasteiger partial charge >= 0.3 is 5.97 Å². The van der Waals surface area contributed by atoms with Crippen molar-refractivity contribution in [2.24, 2.45) is 0 Å². The van der Waals surface area contributed by atoms with Crippen LogP contribution in [0.2, 0.25) is 0 Å². The van der Waals surface area contributed by atoms with Crippen LogP contribution in [-0.4, -0.2) is 37.6 Å². The fourth-order valence-corrected chi connectivity index (χ4v) is 4.89. The number of carbonyl (C=O) groups is 1. The number of methoxy groups -OCH3 is 1.